The quantitative estimate of drug-likeness (QED) is 0.544. The van der Waals surface area contributed by atoms with Gasteiger partial charge >= 0.3 is 0 Å². The van der Waals surface area contributed by atoms with E-state index >= 15 is 0 Å². The summed E-state index contributed by atoms with van der Waals surface area (Å²) in [6.07, 6.45) is -20.5. The van der Waals surface area contributed by atoms with Crippen molar-refractivity contribution in [2.75, 3.05) is 0 Å². The zero-order valence-corrected chi connectivity index (χ0v) is 12.8. The maximum atomic E-state index is 14.2. The van der Waals surface area contributed by atoms with Gasteiger partial charge in [0.2, 0.25) is 0 Å². The molecule has 8 heteroatoms. The Labute approximate surface area is 135 Å². The summed E-state index contributed by atoms with van der Waals surface area (Å²) in [5.74, 6) is -6.78. The minimum absolute atomic E-state index is 0.550. The molecule has 6 saturated carbocycles. The zero-order chi connectivity index (χ0) is 17.8. The van der Waals surface area contributed by atoms with Gasteiger partial charge in [0.1, 0.15) is 49.4 Å². The fourth-order valence-electron chi connectivity index (χ4n) is 4.64. The first-order valence-corrected chi connectivity index (χ1v) is 8.38. The first kappa shape index (κ1) is 18.2. The molecule has 0 aromatic rings. The third-order valence-electron chi connectivity index (χ3n) is 6.16. The Morgan fingerprint density at radius 2 is 0.417 bits per heavy atom. The van der Waals surface area contributed by atoms with Gasteiger partial charge in [-0.15, -0.1) is 0 Å². The van der Waals surface area contributed by atoms with Gasteiger partial charge in [0.05, 0.1) is 0 Å². The van der Waals surface area contributed by atoms with Gasteiger partial charge < -0.3 is 0 Å². The van der Waals surface area contributed by atoms with Crippen LogP contribution in [0.3, 0.4) is 0 Å². The van der Waals surface area contributed by atoms with E-state index in [1.807, 2.05) is 0 Å². The number of hydrogen-bond acceptors (Lipinski definition) is 0. The standard InChI is InChI=1S/C16H20F8/c17-9-5-1-2-6-11(19)15(23)8(16(24)12(6)20)4-3-7(13(9)21)14(22)10(5)18/h5-16H,1-4H2. The summed E-state index contributed by atoms with van der Waals surface area (Å²) < 4.78 is 113. The van der Waals surface area contributed by atoms with Crippen molar-refractivity contribution >= 4 is 0 Å². The van der Waals surface area contributed by atoms with Crippen LogP contribution in [-0.2, 0) is 0 Å². The average Bonchev–Trinajstić information content (AvgIpc) is 2.55. The molecule has 0 spiro atoms. The predicted molar refractivity (Wildman–Crippen MR) is 71.6 cm³/mol. The van der Waals surface area contributed by atoms with Crippen molar-refractivity contribution in [1.82, 2.24) is 0 Å². The summed E-state index contributed by atoms with van der Waals surface area (Å²) in [5.41, 5.74) is 0. The number of hydrogen-bond donors (Lipinski definition) is 0. The lowest BCUT2D eigenvalue weighted by Gasteiger charge is -2.45. The molecule has 0 aliphatic heterocycles. The lowest BCUT2D eigenvalue weighted by atomic mass is 9.66. The Kier molecular flexibility index (Phi) is 5.04. The molecule has 0 nitrogen and oxygen atoms in total. The van der Waals surface area contributed by atoms with Crippen molar-refractivity contribution < 1.29 is 35.1 Å². The van der Waals surface area contributed by atoms with Crippen LogP contribution in [0.2, 0.25) is 0 Å². The van der Waals surface area contributed by atoms with E-state index in [4.69, 9.17) is 0 Å². The molecule has 6 rings (SSSR count). The van der Waals surface area contributed by atoms with E-state index < -0.39 is 98.7 Å². The summed E-state index contributed by atoms with van der Waals surface area (Å²) in [6.45, 7) is 0. The summed E-state index contributed by atoms with van der Waals surface area (Å²) in [4.78, 5) is 0. The van der Waals surface area contributed by atoms with Crippen LogP contribution in [-0.4, -0.2) is 49.4 Å². The SMILES string of the molecule is FC1C(F)C2CCC3C(F)C(F)C(CCC1C(F)C2F)C(F)C3F. The van der Waals surface area contributed by atoms with E-state index in [0.717, 1.165) is 0 Å². The molecule has 8 unspecified atom stereocenters. The third kappa shape index (κ3) is 2.71. The van der Waals surface area contributed by atoms with Crippen molar-refractivity contribution in [2.24, 2.45) is 23.7 Å². The predicted octanol–water partition coefficient (Wildman–Crippen LogP) is 4.76. The number of rotatable bonds is 0. The molecule has 0 radical (unpaired) electrons. The fraction of sp³-hybridized carbons (Fsp3) is 1.00. The molecule has 140 valence electrons. The highest BCUT2D eigenvalue weighted by Crippen LogP contribution is 2.48. The smallest absolute Gasteiger partial charge is 0.137 e. The van der Waals surface area contributed by atoms with Gasteiger partial charge in [-0.25, -0.2) is 35.1 Å². The zero-order valence-electron chi connectivity index (χ0n) is 12.8. The Balaban J connectivity index is 1.93. The first-order chi connectivity index (χ1) is 11.3. The average molecular weight is 364 g/mol. The first-order valence-electron chi connectivity index (χ1n) is 8.38. The molecular weight excluding hydrogens is 344 g/mol. The second-order valence-electron chi connectivity index (χ2n) is 7.37. The van der Waals surface area contributed by atoms with Gasteiger partial charge in [-0.05, 0) is 25.7 Å². The minimum atomic E-state index is -2.28. The monoisotopic (exact) mass is 364 g/mol. The molecule has 6 aliphatic rings. The molecule has 0 amide bonds. The van der Waals surface area contributed by atoms with E-state index in [9.17, 15) is 35.1 Å². The van der Waals surface area contributed by atoms with Crippen LogP contribution in [0.1, 0.15) is 25.7 Å². The van der Waals surface area contributed by atoms with Crippen molar-refractivity contribution in [3.63, 3.8) is 0 Å². The van der Waals surface area contributed by atoms with Gasteiger partial charge in [0.25, 0.3) is 0 Å². The van der Waals surface area contributed by atoms with Crippen LogP contribution in [0.15, 0.2) is 0 Å². The molecule has 0 N–H and O–H groups in total. The van der Waals surface area contributed by atoms with Crippen molar-refractivity contribution in [2.45, 2.75) is 75.1 Å². The molecule has 4 bridgehead atoms. The van der Waals surface area contributed by atoms with E-state index in [2.05, 4.69) is 0 Å². The van der Waals surface area contributed by atoms with E-state index in [1.165, 1.54) is 0 Å². The fourth-order valence-corrected chi connectivity index (χ4v) is 4.64. The largest absolute Gasteiger partial charge is 0.244 e. The van der Waals surface area contributed by atoms with Crippen LogP contribution in [0.5, 0.6) is 0 Å². The van der Waals surface area contributed by atoms with Gasteiger partial charge in [-0.2, -0.15) is 0 Å². The maximum Gasteiger partial charge on any atom is 0.137 e. The Morgan fingerprint density at radius 1 is 0.292 bits per heavy atom. The van der Waals surface area contributed by atoms with E-state index in [-0.39, 0.29) is 0 Å². The summed E-state index contributed by atoms with van der Waals surface area (Å²) in [6, 6.07) is 0. The number of alkyl halides is 8. The van der Waals surface area contributed by atoms with Crippen molar-refractivity contribution in [1.29, 1.82) is 0 Å². The normalized spacial score (nSPS) is 59.0. The van der Waals surface area contributed by atoms with Gasteiger partial charge in [0, 0.05) is 23.7 Å². The lowest BCUT2D eigenvalue weighted by Crippen LogP contribution is -2.56. The van der Waals surface area contributed by atoms with Crippen LogP contribution >= 0.6 is 0 Å². The Bertz CT molecular complexity index is 336. The minimum Gasteiger partial charge on any atom is -0.244 e. The van der Waals surface area contributed by atoms with Crippen LogP contribution < -0.4 is 0 Å². The Morgan fingerprint density at radius 3 is 0.542 bits per heavy atom. The summed E-state index contributed by atoms with van der Waals surface area (Å²) in [7, 11) is 0. The van der Waals surface area contributed by atoms with E-state index in [1.54, 1.807) is 0 Å². The van der Waals surface area contributed by atoms with E-state index in [0.29, 0.717) is 0 Å². The second-order valence-corrected chi connectivity index (χ2v) is 7.37. The topological polar surface area (TPSA) is 0 Å². The van der Waals surface area contributed by atoms with Crippen LogP contribution in [0.25, 0.3) is 0 Å². The molecule has 6 fully saturated rings. The molecule has 0 heterocycles. The van der Waals surface area contributed by atoms with Crippen LogP contribution in [0.4, 0.5) is 35.1 Å². The van der Waals surface area contributed by atoms with Crippen molar-refractivity contribution in [3.8, 4) is 0 Å². The molecular formula is C16H20F8. The molecule has 8 atom stereocenters. The van der Waals surface area contributed by atoms with Gasteiger partial charge in [-0.3, -0.25) is 0 Å². The molecule has 0 aromatic heterocycles. The highest BCUT2D eigenvalue weighted by Gasteiger charge is 2.57. The molecule has 6 aliphatic carbocycles. The summed E-state index contributed by atoms with van der Waals surface area (Å²) >= 11 is 0. The highest BCUT2D eigenvalue weighted by molar-refractivity contribution is 5.04. The second kappa shape index (κ2) is 6.63. The molecule has 0 saturated heterocycles. The third-order valence-corrected chi connectivity index (χ3v) is 6.16. The van der Waals surface area contributed by atoms with Gasteiger partial charge in [0.15, 0.2) is 0 Å². The maximum absolute atomic E-state index is 14.2. The molecule has 24 heavy (non-hydrogen) atoms. The summed E-state index contributed by atoms with van der Waals surface area (Å²) in [5, 5.41) is 0. The highest BCUT2D eigenvalue weighted by atomic mass is 19.2. The van der Waals surface area contributed by atoms with Crippen LogP contribution in [0, 0.1) is 23.7 Å². The number of halogens is 8. The van der Waals surface area contributed by atoms with Gasteiger partial charge in [-0.1, -0.05) is 0 Å². The van der Waals surface area contributed by atoms with Crippen molar-refractivity contribution in [3.05, 3.63) is 0 Å². The molecule has 0 aromatic carbocycles. The lowest BCUT2D eigenvalue weighted by molar-refractivity contribution is -0.117. The Hall–Kier alpha value is -0.560.